The van der Waals surface area contributed by atoms with Gasteiger partial charge in [0.15, 0.2) is 5.82 Å². The third-order valence-corrected chi connectivity index (χ3v) is 4.40. The van der Waals surface area contributed by atoms with Crippen LogP contribution in [0.4, 0.5) is 16.3 Å². The lowest BCUT2D eigenvalue weighted by molar-refractivity contribution is 0.194. The van der Waals surface area contributed by atoms with E-state index >= 15 is 0 Å². The smallest absolute Gasteiger partial charge is 0.327 e. The topological polar surface area (TPSA) is 54.5 Å². The number of amides is 2. The second-order valence-corrected chi connectivity index (χ2v) is 5.89. The Bertz CT molecular complexity index is 632. The van der Waals surface area contributed by atoms with Crippen LogP contribution in [0.3, 0.4) is 0 Å². The Morgan fingerprint density at radius 2 is 2.09 bits per heavy atom. The quantitative estimate of drug-likeness (QED) is 0.878. The van der Waals surface area contributed by atoms with E-state index in [1.54, 1.807) is 30.0 Å². The van der Waals surface area contributed by atoms with Gasteiger partial charge in [-0.25, -0.2) is 14.7 Å². The highest BCUT2D eigenvalue weighted by atomic mass is 32.2. The lowest BCUT2D eigenvalue weighted by atomic mass is 10.2. The van der Waals surface area contributed by atoms with Gasteiger partial charge in [0.25, 0.3) is 0 Å². The van der Waals surface area contributed by atoms with Crippen LogP contribution >= 0.6 is 11.8 Å². The highest BCUT2D eigenvalue weighted by molar-refractivity contribution is 7.99. The monoisotopic (exact) mass is 315 g/mol. The number of para-hydroxylation sites is 1. The van der Waals surface area contributed by atoms with Crippen molar-refractivity contribution >= 4 is 29.3 Å². The lowest BCUT2D eigenvalue weighted by Crippen LogP contribution is -2.39. The predicted octanol–water partition coefficient (Wildman–Crippen LogP) is 3.43. The molecule has 1 aromatic carbocycles. The van der Waals surface area contributed by atoms with E-state index < -0.39 is 0 Å². The number of pyridine rings is 1. The molecule has 0 spiro atoms. The molecule has 6 heteroatoms. The van der Waals surface area contributed by atoms with Crippen molar-refractivity contribution in [3.8, 4) is 0 Å². The third kappa shape index (κ3) is 2.93. The number of ether oxygens (including phenoxy) is 1. The zero-order valence-electron chi connectivity index (χ0n) is 12.3. The van der Waals surface area contributed by atoms with Crippen LogP contribution in [0.15, 0.2) is 52.4 Å². The molecule has 2 amide bonds. The average Bonchev–Trinajstić information content (AvgIpc) is 2.56. The van der Waals surface area contributed by atoms with Crippen LogP contribution in [-0.4, -0.2) is 31.3 Å². The van der Waals surface area contributed by atoms with Crippen molar-refractivity contribution in [2.45, 2.75) is 16.2 Å². The van der Waals surface area contributed by atoms with Crippen molar-refractivity contribution < 1.29 is 9.53 Å². The summed E-state index contributed by atoms with van der Waals surface area (Å²) >= 11 is 1.63. The number of methoxy groups -OCH3 is 1. The van der Waals surface area contributed by atoms with Gasteiger partial charge < -0.3 is 10.1 Å². The predicted molar refractivity (Wildman–Crippen MR) is 86.8 cm³/mol. The Morgan fingerprint density at radius 3 is 2.95 bits per heavy atom. The maximum absolute atomic E-state index is 12.6. The maximum Gasteiger partial charge on any atom is 0.327 e. The maximum atomic E-state index is 12.6. The van der Waals surface area contributed by atoms with E-state index in [0.717, 1.165) is 21.9 Å². The molecular weight excluding hydrogens is 298 g/mol. The van der Waals surface area contributed by atoms with Crippen LogP contribution in [0, 0.1) is 0 Å². The van der Waals surface area contributed by atoms with Gasteiger partial charge in [-0.2, -0.15) is 0 Å². The summed E-state index contributed by atoms with van der Waals surface area (Å²) in [4.78, 5) is 20.7. The fourth-order valence-electron chi connectivity index (χ4n) is 2.29. The molecule has 5 nitrogen and oxygen atoms in total. The summed E-state index contributed by atoms with van der Waals surface area (Å²) in [6, 6.07) is 11.6. The van der Waals surface area contributed by atoms with E-state index in [-0.39, 0.29) is 6.03 Å². The molecule has 22 heavy (non-hydrogen) atoms. The van der Waals surface area contributed by atoms with E-state index in [0.29, 0.717) is 19.0 Å². The number of rotatable bonds is 4. The van der Waals surface area contributed by atoms with Gasteiger partial charge in [0.2, 0.25) is 0 Å². The number of anilines is 2. The molecule has 1 aliphatic heterocycles. The van der Waals surface area contributed by atoms with Crippen molar-refractivity contribution in [1.29, 1.82) is 0 Å². The van der Waals surface area contributed by atoms with Gasteiger partial charge in [0, 0.05) is 31.4 Å². The van der Waals surface area contributed by atoms with Crippen LogP contribution in [0.5, 0.6) is 0 Å². The fraction of sp³-hybridized carbons (Fsp3) is 0.250. The van der Waals surface area contributed by atoms with Gasteiger partial charge in [-0.1, -0.05) is 23.9 Å². The van der Waals surface area contributed by atoms with E-state index in [1.807, 2.05) is 36.4 Å². The molecule has 114 valence electrons. The van der Waals surface area contributed by atoms with Gasteiger partial charge in [-0.05, 0) is 30.7 Å². The summed E-state index contributed by atoms with van der Waals surface area (Å²) < 4.78 is 5.00. The minimum absolute atomic E-state index is 0.163. The largest absolute Gasteiger partial charge is 0.385 e. The molecule has 0 bridgehead atoms. The van der Waals surface area contributed by atoms with Crippen LogP contribution in [0.2, 0.25) is 0 Å². The summed E-state index contributed by atoms with van der Waals surface area (Å²) in [5.41, 5.74) is 0.864. The molecule has 0 unspecified atom stereocenters. The Morgan fingerprint density at radius 1 is 1.27 bits per heavy atom. The number of nitrogens with one attached hydrogen (secondary N) is 1. The summed E-state index contributed by atoms with van der Waals surface area (Å²) in [6.45, 7) is 1.20. The van der Waals surface area contributed by atoms with E-state index in [1.165, 1.54) is 0 Å². The zero-order valence-corrected chi connectivity index (χ0v) is 13.1. The van der Waals surface area contributed by atoms with Gasteiger partial charge in [-0.15, -0.1) is 0 Å². The van der Waals surface area contributed by atoms with Gasteiger partial charge in [0.05, 0.1) is 10.6 Å². The molecule has 3 rings (SSSR count). The Labute approximate surface area is 133 Å². The molecule has 0 saturated heterocycles. The van der Waals surface area contributed by atoms with Gasteiger partial charge in [-0.3, -0.25) is 0 Å². The van der Waals surface area contributed by atoms with Gasteiger partial charge in [0.1, 0.15) is 0 Å². The Hall–Kier alpha value is -2.05. The zero-order chi connectivity index (χ0) is 15.4. The average molecular weight is 315 g/mol. The highest BCUT2D eigenvalue weighted by Crippen LogP contribution is 2.46. The van der Waals surface area contributed by atoms with Crippen molar-refractivity contribution in [2.24, 2.45) is 0 Å². The third-order valence-electron chi connectivity index (χ3n) is 3.29. The molecule has 2 aromatic rings. The first-order valence-corrected chi connectivity index (χ1v) is 7.91. The van der Waals surface area contributed by atoms with Crippen molar-refractivity contribution in [3.05, 3.63) is 42.6 Å². The number of nitrogens with zero attached hydrogens (tertiary/aromatic N) is 2. The summed E-state index contributed by atoms with van der Waals surface area (Å²) in [6.07, 6.45) is 2.49. The number of carbonyl (C=O) groups is 1. The highest BCUT2D eigenvalue weighted by Gasteiger charge is 2.28. The van der Waals surface area contributed by atoms with Crippen molar-refractivity contribution in [2.75, 3.05) is 25.2 Å². The molecule has 1 aliphatic rings. The summed E-state index contributed by atoms with van der Waals surface area (Å²) in [7, 11) is 1.65. The van der Waals surface area contributed by atoms with E-state index in [2.05, 4.69) is 10.3 Å². The molecule has 0 fully saturated rings. The molecule has 1 N–H and O–H groups in total. The number of aromatic nitrogens is 1. The number of benzene rings is 1. The first kappa shape index (κ1) is 14.9. The number of hydrogen-bond donors (Lipinski definition) is 1. The normalized spacial score (nSPS) is 12.5. The first-order valence-electron chi connectivity index (χ1n) is 7.10. The molecule has 0 saturated carbocycles. The number of fused-ring (bicyclic) bond motifs is 2. The Balaban J connectivity index is 1.88. The van der Waals surface area contributed by atoms with E-state index in [4.69, 9.17) is 4.74 Å². The second kappa shape index (κ2) is 6.81. The van der Waals surface area contributed by atoms with Crippen molar-refractivity contribution in [1.82, 2.24) is 10.3 Å². The Kier molecular flexibility index (Phi) is 4.60. The van der Waals surface area contributed by atoms with Crippen LogP contribution in [0.25, 0.3) is 0 Å². The standard InChI is InChI=1S/C16H17N3O2S/c1-21-11-5-10-18-16(20)19-12-6-2-3-7-13(12)22-14-8-4-9-17-15(14)19/h2-4,6-9H,5,10-11H2,1H3,(H,18,20). The summed E-state index contributed by atoms with van der Waals surface area (Å²) in [5.74, 6) is 0.676. The molecule has 0 atom stereocenters. The number of carbonyl (C=O) groups excluding carboxylic acids is 1. The van der Waals surface area contributed by atoms with Crippen LogP contribution in [-0.2, 0) is 4.74 Å². The second-order valence-electron chi connectivity index (χ2n) is 4.81. The van der Waals surface area contributed by atoms with Gasteiger partial charge >= 0.3 is 6.03 Å². The SMILES string of the molecule is COCCCNC(=O)N1c2ccccc2Sc2cccnc21. The molecular formula is C16H17N3O2S. The molecule has 0 radical (unpaired) electrons. The van der Waals surface area contributed by atoms with Crippen molar-refractivity contribution in [3.63, 3.8) is 0 Å². The summed E-state index contributed by atoms with van der Waals surface area (Å²) in [5, 5.41) is 2.93. The van der Waals surface area contributed by atoms with Crippen LogP contribution < -0.4 is 10.2 Å². The number of urea groups is 1. The minimum atomic E-state index is -0.163. The molecule has 2 heterocycles. The molecule has 0 aliphatic carbocycles. The van der Waals surface area contributed by atoms with Crippen LogP contribution in [0.1, 0.15) is 6.42 Å². The fourth-order valence-corrected chi connectivity index (χ4v) is 3.32. The lowest BCUT2D eigenvalue weighted by Gasteiger charge is -2.29. The van der Waals surface area contributed by atoms with E-state index in [9.17, 15) is 4.79 Å². The minimum Gasteiger partial charge on any atom is -0.385 e. The molecule has 1 aromatic heterocycles. The first-order chi connectivity index (χ1) is 10.8. The number of hydrogen-bond acceptors (Lipinski definition) is 4.